The van der Waals surface area contributed by atoms with Gasteiger partial charge in [-0.1, -0.05) is 19.3 Å². The summed E-state index contributed by atoms with van der Waals surface area (Å²) in [5.74, 6) is 1.09. The minimum Gasteiger partial charge on any atom is -0.303 e. The summed E-state index contributed by atoms with van der Waals surface area (Å²) < 4.78 is 0. The lowest BCUT2D eigenvalue weighted by Crippen LogP contribution is -2.39. The van der Waals surface area contributed by atoms with Gasteiger partial charge in [-0.05, 0) is 43.9 Å². The van der Waals surface area contributed by atoms with E-state index in [-0.39, 0.29) is 0 Å². The molecule has 0 heterocycles. The fourth-order valence-electron chi connectivity index (χ4n) is 2.84. The van der Waals surface area contributed by atoms with Gasteiger partial charge in [-0.3, -0.25) is 0 Å². The molecule has 1 nitrogen and oxygen atoms in total. The second kappa shape index (κ2) is 4.44. The summed E-state index contributed by atoms with van der Waals surface area (Å²) in [6, 6.07) is 0.911. The Balaban J connectivity index is 1.89. The molecule has 2 fully saturated rings. The topological polar surface area (TPSA) is 3.24 Å². The van der Waals surface area contributed by atoms with Crippen LogP contribution < -0.4 is 0 Å². The summed E-state index contributed by atoms with van der Waals surface area (Å²) in [5.41, 5.74) is 0.554. The highest BCUT2D eigenvalue weighted by Crippen LogP contribution is 2.39. The minimum absolute atomic E-state index is 0.554. The van der Waals surface area contributed by atoms with E-state index in [2.05, 4.69) is 24.6 Å². The lowest BCUT2D eigenvalue weighted by molar-refractivity contribution is 0.140. The smallest absolute Gasteiger partial charge is 0.00936 e. The largest absolute Gasteiger partial charge is 0.303 e. The number of hydrogen-bond acceptors (Lipinski definition) is 2. The monoisotopic (exact) mass is 213 g/mol. The fourth-order valence-corrected chi connectivity index (χ4v) is 3.26. The van der Waals surface area contributed by atoms with Gasteiger partial charge < -0.3 is 4.90 Å². The van der Waals surface area contributed by atoms with E-state index in [0.717, 1.165) is 11.8 Å². The Morgan fingerprint density at radius 2 is 1.86 bits per heavy atom. The Labute approximate surface area is 93.7 Å². The maximum Gasteiger partial charge on any atom is 0.00936 e. The van der Waals surface area contributed by atoms with Crippen LogP contribution in [-0.2, 0) is 0 Å². The molecule has 0 bridgehead atoms. The number of hydrogen-bond donors (Lipinski definition) is 1. The number of nitrogens with zero attached hydrogens (tertiary/aromatic N) is 1. The average molecular weight is 213 g/mol. The van der Waals surface area contributed by atoms with Crippen molar-refractivity contribution in [1.29, 1.82) is 0 Å². The molecule has 0 aromatic rings. The van der Waals surface area contributed by atoms with Crippen LogP contribution in [0.15, 0.2) is 0 Å². The third-order valence-corrected chi connectivity index (χ3v) is 4.68. The molecule has 2 heteroatoms. The molecule has 0 aromatic carbocycles. The van der Waals surface area contributed by atoms with Gasteiger partial charge in [0.05, 0.1) is 0 Å². The zero-order valence-electron chi connectivity index (χ0n) is 9.34. The normalized spacial score (nSPS) is 26.8. The van der Waals surface area contributed by atoms with Gasteiger partial charge in [0.15, 0.2) is 0 Å². The molecule has 0 saturated heterocycles. The molecule has 0 unspecified atom stereocenters. The van der Waals surface area contributed by atoms with Crippen LogP contribution in [-0.4, -0.2) is 30.3 Å². The van der Waals surface area contributed by atoms with Gasteiger partial charge in [-0.25, -0.2) is 0 Å². The summed E-state index contributed by atoms with van der Waals surface area (Å²) in [6.07, 6.45) is 9.99. The Hall–Kier alpha value is 0.310. The van der Waals surface area contributed by atoms with Crippen molar-refractivity contribution in [2.45, 2.75) is 51.0 Å². The van der Waals surface area contributed by atoms with Crippen LogP contribution in [0.4, 0.5) is 0 Å². The van der Waals surface area contributed by atoms with Crippen molar-refractivity contribution in [2.75, 3.05) is 19.3 Å². The molecule has 0 aliphatic heterocycles. The molecule has 0 spiro atoms. The second-order valence-corrected chi connectivity index (χ2v) is 5.68. The van der Waals surface area contributed by atoms with Crippen molar-refractivity contribution >= 4 is 12.6 Å². The first-order valence-electron chi connectivity index (χ1n) is 6.07. The maximum absolute atomic E-state index is 4.59. The summed E-state index contributed by atoms with van der Waals surface area (Å²) in [5, 5.41) is 0. The van der Waals surface area contributed by atoms with E-state index in [0.29, 0.717) is 5.41 Å². The number of thiol groups is 1. The van der Waals surface area contributed by atoms with Gasteiger partial charge in [-0.2, -0.15) is 12.6 Å². The van der Waals surface area contributed by atoms with E-state index in [1.165, 1.54) is 51.5 Å². The van der Waals surface area contributed by atoms with Gasteiger partial charge in [0.1, 0.15) is 0 Å². The fraction of sp³-hybridized carbons (Fsp3) is 1.00. The standard InChI is InChI=1S/C12H23NS/c1-13(11-5-6-11)9-12(10-14)7-3-2-4-8-12/h11,14H,2-10H2,1H3. The first kappa shape index (κ1) is 10.8. The van der Waals surface area contributed by atoms with Gasteiger partial charge in [0.25, 0.3) is 0 Å². The van der Waals surface area contributed by atoms with E-state index in [9.17, 15) is 0 Å². The number of rotatable bonds is 4. The zero-order valence-corrected chi connectivity index (χ0v) is 10.2. The van der Waals surface area contributed by atoms with Crippen LogP contribution >= 0.6 is 12.6 Å². The highest BCUT2D eigenvalue weighted by molar-refractivity contribution is 7.80. The predicted molar refractivity (Wildman–Crippen MR) is 65.0 cm³/mol. The molecule has 14 heavy (non-hydrogen) atoms. The Kier molecular flexibility index (Phi) is 3.43. The van der Waals surface area contributed by atoms with Gasteiger partial charge in [0.2, 0.25) is 0 Å². The summed E-state index contributed by atoms with van der Waals surface area (Å²) in [6.45, 7) is 1.29. The molecular weight excluding hydrogens is 190 g/mol. The van der Waals surface area contributed by atoms with Crippen molar-refractivity contribution in [3.8, 4) is 0 Å². The van der Waals surface area contributed by atoms with Gasteiger partial charge >= 0.3 is 0 Å². The van der Waals surface area contributed by atoms with Crippen LogP contribution in [0.3, 0.4) is 0 Å². The quantitative estimate of drug-likeness (QED) is 0.703. The van der Waals surface area contributed by atoms with Gasteiger partial charge in [-0.15, -0.1) is 0 Å². The minimum atomic E-state index is 0.554. The molecule has 0 atom stereocenters. The molecule has 2 saturated carbocycles. The highest BCUT2D eigenvalue weighted by Gasteiger charge is 2.35. The van der Waals surface area contributed by atoms with Crippen molar-refractivity contribution in [3.63, 3.8) is 0 Å². The molecule has 2 aliphatic carbocycles. The van der Waals surface area contributed by atoms with Crippen LogP contribution in [0, 0.1) is 5.41 Å². The van der Waals surface area contributed by atoms with E-state index in [4.69, 9.17) is 0 Å². The molecular formula is C12H23NS. The lowest BCUT2D eigenvalue weighted by atomic mass is 9.75. The Morgan fingerprint density at radius 3 is 2.36 bits per heavy atom. The first-order valence-corrected chi connectivity index (χ1v) is 6.70. The van der Waals surface area contributed by atoms with E-state index < -0.39 is 0 Å². The van der Waals surface area contributed by atoms with Crippen molar-refractivity contribution in [1.82, 2.24) is 4.90 Å². The molecule has 0 amide bonds. The maximum atomic E-state index is 4.59. The summed E-state index contributed by atoms with van der Waals surface area (Å²) in [4.78, 5) is 2.58. The van der Waals surface area contributed by atoms with Crippen molar-refractivity contribution in [2.24, 2.45) is 5.41 Å². The first-order chi connectivity index (χ1) is 6.76. The van der Waals surface area contributed by atoms with E-state index in [1.54, 1.807) is 0 Å². The van der Waals surface area contributed by atoms with Crippen LogP contribution in [0.25, 0.3) is 0 Å². The van der Waals surface area contributed by atoms with E-state index in [1.807, 2.05) is 0 Å². The Bertz CT molecular complexity index is 183. The SMILES string of the molecule is CN(CC1(CS)CCCCC1)C1CC1. The third kappa shape index (κ3) is 2.46. The molecule has 82 valence electrons. The van der Waals surface area contributed by atoms with E-state index >= 15 is 0 Å². The molecule has 0 N–H and O–H groups in total. The zero-order chi connectivity index (χ0) is 10.0. The third-order valence-electron chi connectivity index (χ3n) is 4.00. The highest BCUT2D eigenvalue weighted by atomic mass is 32.1. The molecule has 2 rings (SSSR count). The van der Waals surface area contributed by atoms with Gasteiger partial charge in [0, 0.05) is 12.6 Å². The average Bonchev–Trinajstić information content (AvgIpc) is 3.02. The van der Waals surface area contributed by atoms with Crippen LogP contribution in [0.2, 0.25) is 0 Å². The van der Waals surface area contributed by atoms with Crippen LogP contribution in [0.5, 0.6) is 0 Å². The summed E-state index contributed by atoms with van der Waals surface area (Å²) >= 11 is 4.59. The second-order valence-electron chi connectivity index (χ2n) is 5.37. The molecule has 0 aromatic heterocycles. The lowest BCUT2D eigenvalue weighted by Gasteiger charge is -2.39. The summed E-state index contributed by atoms with van der Waals surface area (Å²) in [7, 11) is 2.30. The molecule has 2 aliphatic rings. The molecule has 0 radical (unpaired) electrons. The van der Waals surface area contributed by atoms with Crippen molar-refractivity contribution in [3.05, 3.63) is 0 Å². The van der Waals surface area contributed by atoms with Crippen LogP contribution in [0.1, 0.15) is 44.9 Å². The van der Waals surface area contributed by atoms with Crippen molar-refractivity contribution < 1.29 is 0 Å². The Morgan fingerprint density at radius 1 is 1.21 bits per heavy atom. The predicted octanol–water partition coefficient (Wildman–Crippen LogP) is 2.96.